The van der Waals surface area contributed by atoms with Crippen molar-refractivity contribution >= 4 is 5.69 Å². The smallest absolute Gasteiger partial charge is 0.231 e. The van der Waals surface area contributed by atoms with Crippen LogP contribution in [-0.2, 0) is 0 Å². The maximum absolute atomic E-state index is 6.16. The molecule has 0 spiro atoms. The Labute approximate surface area is 157 Å². The highest BCUT2D eigenvalue weighted by Crippen LogP contribution is 2.53. The van der Waals surface area contributed by atoms with Crippen LogP contribution in [0.3, 0.4) is 0 Å². The van der Waals surface area contributed by atoms with E-state index in [0.717, 1.165) is 22.9 Å². The zero-order chi connectivity index (χ0) is 17.8. The number of anilines is 1. The van der Waals surface area contributed by atoms with Crippen molar-refractivity contribution in [1.82, 2.24) is 0 Å². The predicted octanol–water partition coefficient (Wildman–Crippen LogP) is 4.72. The van der Waals surface area contributed by atoms with Crippen LogP contribution in [0.15, 0.2) is 66.7 Å². The van der Waals surface area contributed by atoms with Gasteiger partial charge in [0.15, 0.2) is 11.5 Å². The molecule has 6 rings (SSSR count). The number of hydrogen-bond acceptors (Lipinski definition) is 4. The molecule has 0 aromatic heterocycles. The van der Waals surface area contributed by atoms with Gasteiger partial charge < -0.3 is 19.5 Å². The van der Waals surface area contributed by atoms with Crippen molar-refractivity contribution < 1.29 is 14.2 Å². The molecule has 0 saturated heterocycles. The maximum Gasteiger partial charge on any atom is 0.231 e. The van der Waals surface area contributed by atoms with Gasteiger partial charge in [-0.3, -0.25) is 0 Å². The van der Waals surface area contributed by atoms with Crippen LogP contribution in [0, 0.1) is 5.92 Å². The topological polar surface area (TPSA) is 39.7 Å². The van der Waals surface area contributed by atoms with Crippen molar-refractivity contribution in [2.24, 2.45) is 5.92 Å². The van der Waals surface area contributed by atoms with Crippen LogP contribution in [0.25, 0.3) is 0 Å². The van der Waals surface area contributed by atoms with Crippen LogP contribution in [0.1, 0.15) is 28.7 Å². The minimum Gasteiger partial charge on any atom is -0.493 e. The minimum absolute atomic E-state index is 0.202. The van der Waals surface area contributed by atoms with Gasteiger partial charge in [0, 0.05) is 29.2 Å². The monoisotopic (exact) mass is 357 g/mol. The zero-order valence-corrected chi connectivity index (χ0v) is 14.7. The van der Waals surface area contributed by atoms with Crippen molar-refractivity contribution in [2.45, 2.75) is 12.0 Å². The Morgan fingerprint density at radius 1 is 0.741 bits per heavy atom. The summed E-state index contributed by atoms with van der Waals surface area (Å²) in [7, 11) is 0. The first-order valence-corrected chi connectivity index (χ1v) is 9.35. The fraction of sp³-hybridized carbons (Fsp3) is 0.217. The molecule has 3 aromatic rings. The normalized spacial score (nSPS) is 24.1. The highest BCUT2D eigenvalue weighted by molar-refractivity contribution is 5.67. The number of benzene rings is 3. The lowest BCUT2D eigenvalue weighted by molar-refractivity contribution is 0.173. The first-order chi connectivity index (χ1) is 13.4. The van der Waals surface area contributed by atoms with Crippen molar-refractivity contribution in [1.29, 1.82) is 0 Å². The van der Waals surface area contributed by atoms with E-state index < -0.39 is 0 Å². The molecule has 3 unspecified atom stereocenters. The Morgan fingerprint density at radius 3 is 2.41 bits per heavy atom. The largest absolute Gasteiger partial charge is 0.493 e. The molecule has 4 nitrogen and oxygen atoms in total. The molecule has 3 heterocycles. The van der Waals surface area contributed by atoms with E-state index >= 15 is 0 Å². The molecule has 4 heteroatoms. The van der Waals surface area contributed by atoms with E-state index in [0.29, 0.717) is 12.5 Å². The minimum atomic E-state index is 0.202. The van der Waals surface area contributed by atoms with Crippen LogP contribution in [-0.4, -0.2) is 13.4 Å². The molecule has 134 valence electrons. The molecule has 3 aliphatic rings. The highest BCUT2D eigenvalue weighted by atomic mass is 16.7. The third-order valence-electron chi connectivity index (χ3n) is 5.89. The lowest BCUT2D eigenvalue weighted by Gasteiger charge is -2.44. The molecule has 0 radical (unpaired) electrons. The molecule has 27 heavy (non-hydrogen) atoms. The summed E-state index contributed by atoms with van der Waals surface area (Å²) in [6.45, 7) is 0.967. The Morgan fingerprint density at radius 2 is 1.52 bits per heavy atom. The van der Waals surface area contributed by atoms with Crippen molar-refractivity contribution in [3.05, 3.63) is 83.4 Å². The van der Waals surface area contributed by atoms with Crippen molar-refractivity contribution in [3.8, 4) is 17.2 Å². The fourth-order valence-corrected chi connectivity index (χ4v) is 4.68. The van der Waals surface area contributed by atoms with Gasteiger partial charge in [-0.2, -0.15) is 0 Å². The van der Waals surface area contributed by atoms with Crippen molar-refractivity contribution in [3.63, 3.8) is 0 Å². The third kappa shape index (κ3) is 2.23. The molecule has 0 bridgehead atoms. The molecule has 1 N–H and O–H groups in total. The van der Waals surface area contributed by atoms with Gasteiger partial charge in [-0.15, -0.1) is 0 Å². The second kappa shape index (κ2) is 5.68. The molecule has 3 atom stereocenters. The highest BCUT2D eigenvalue weighted by Gasteiger charge is 2.43. The van der Waals surface area contributed by atoms with Gasteiger partial charge in [0.1, 0.15) is 5.75 Å². The molecule has 0 amide bonds. The maximum atomic E-state index is 6.16. The summed E-state index contributed by atoms with van der Waals surface area (Å²) in [4.78, 5) is 0. The molecule has 0 aliphatic carbocycles. The second-order valence-electron chi connectivity index (χ2n) is 7.32. The second-order valence-corrected chi connectivity index (χ2v) is 7.32. The van der Waals surface area contributed by atoms with E-state index in [1.54, 1.807) is 0 Å². The lowest BCUT2D eigenvalue weighted by atomic mass is 9.71. The Kier molecular flexibility index (Phi) is 3.15. The van der Waals surface area contributed by atoms with Gasteiger partial charge in [-0.05, 0) is 23.3 Å². The summed E-state index contributed by atoms with van der Waals surface area (Å²) >= 11 is 0. The number of fused-ring (bicyclic) bond motifs is 5. The molecule has 3 aromatic carbocycles. The molecule has 0 fully saturated rings. The van der Waals surface area contributed by atoms with Gasteiger partial charge in [-0.25, -0.2) is 0 Å². The first kappa shape index (κ1) is 15.0. The summed E-state index contributed by atoms with van der Waals surface area (Å²) in [5, 5.41) is 3.77. The number of nitrogens with one attached hydrogen (secondary N) is 1. The Bertz CT molecular complexity index is 1020. The third-order valence-corrected chi connectivity index (χ3v) is 5.89. The van der Waals surface area contributed by atoms with E-state index in [9.17, 15) is 0 Å². The van der Waals surface area contributed by atoms with Crippen LogP contribution in [0.5, 0.6) is 17.2 Å². The molecular weight excluding hydrogens is 338 g/mol. The Hall–Kier alpha value is -3.14. The van der Waals surface area contributed by atoms with E-state index in [1.807, 2.05) is 6.07 Å². The number of ether oxygens (including phenoxy) is 3. The summed E-state index contributed by atoms with van der Waals surface area (Å²) in [6, 6.07) is 23.5. The van der Waals surface area contributed by atoms with Gasteiger partial charge in [-0.1, -0.05) is 48.5 Å². The van der Waals surface area contributed by atoms with E-state index in [4.69, 9.17) is 14.2 Å². The van der Waals surface area contributed by atoms with Crippen molar-refractivity contribution in [2.75, 3.05) is 18.7 Å². The molecule has 0 saturated carbocycles. The van der Waals surface area contributed by atoms with Crippen LogP contribution < -0.4 is 19.5 Å². The lowest BCUT2D eigenvalue weighted by Crippen LogP contribution is -2.39. The fourth-order valence-electron chi connectivity index (χ4n) is 4.68. The van der Waals surface area contributed by atoms with E-state index in [2.05, 4.69) is 66.0 Å². The average Bonchev–Trinajstić information content (AvgIpc) is 3.18. The molecular formula is C23H19NO3. The standard InChI is InChI=1S/C23H19NO3/c1-2-6-14(7-3-1)22-16-10-20-21(27-13-26-20)11-18(16)24-23-15-8-4-5-9-19(15)25-12-17(22)23/h1-11,17,22-24H,12-13H2. The summed E-state index contributed by atoms with van der Waals surface area (Å²) < 4.78 is 17.4. The zero-order valence-electron chi connectivity index (χ0n) is 14.7. The van der Waals surface area contributed by atoms with Crippen LogP contribution in [0.2, 0.25) is 0 Å². The number of para-hydroxylation sites is 1. The van der Waals surface area contributed by atoms with Gasteiger partial charge in [0.2, 0.25) is 6.79 Å². The van der Waals surface area contributed by atoms with Crippen LogP contribution in [0.4, 0.5) is 5.69 Å². The number of rotatable bonds is 1. The SMILES string of the molecule is c1ccc(C2c3cc4c(cc3NC3c5ccccc5OCC32)OCO4)cc1. The Balaban J connectivity index is 1.56. The number of hydrogen-bond donors (Lipinski definition) is 1. The van der Waals surface area contributed by atoms with Gasteiger partial charge >= 0.3 is 0 Å². The summed E-state index contributed by atoms with van der Waals surface area (Å²) in [5.74, 6) is 3.15. The van der Waals surface area contributed by atoms with Crippen LogP contribution >= 0.6 is 0 Å². The van der Waals surface area contributed by atoms with Gasteiger partial charge in [0.05, 0.1) is 12.6 Å². The molecule has 3 aliphatic heterocycles. The quantitative estimate of drug-likeness (QED) is 0.684. The predicted molar refractivity (Wildman–Crippen MR) is 103 cm³/mol. The first-order valence-electron chi connectivity index (χ1n) is 9.35. The van der Waals surface area contributed by atoms with E-state index in [-0.39, 0.29) is 18.8 Å². The average molecular weight is 357 g/mol. The summed E-state index contributed by atoms with van der Waals surface area (Å²) in [6.07, 6.45) is 0. The summed E-state index contributed by atoms with van der Waals surface area (Å²) in [5.41, 5.74) is 4.89. The van der Waals surface area contributed by atoms with Gasteiger partial charge in [0.25, 0.3) is 0 Å². The van der Waals surface area contributed by atoms with E-state index in [1.165, 1.54) is 16.7 Å².